The van der Waals surface area contributed by atoms with E-state index in [9.17, 15) is 4.79 Å². The van der Waals surface area contributed by atoms with Gasteiger partial charge in [0.2, 0.25) is 5.91 Å². The van der Waals surface area contributed by atoms with Gasteiger partial charge in [-0.25, -0.2) is 0 Å². The Morgan fingerprint density at radius 1 is 1.30 bits per heavy atom. The molecule has 27 heavy (non-hydrogen) atoms. The van der Waals surface area contributed by atoms with Gasteiger partial charge in [-0.2, -0.15) is 10.2 Å². The van der Waals surface area contributed by atoms with Crippen LogP contribution < -0.4 is 5.32 Å². The molecule has 1 N–H and O–H groups in total. The van der Waals surface area contributed by atoms with Crippen LogP contribution in [0.5, 0.6) is 0 Å². The van der Waals surface area contributed by atoms with Crippen molar-refractivity contribution in [3.05, 3.63) is 35.4 Å². The van der Waals surface area contributed by atoms with Gasteiger partial charge in [0.15, 0.2) is 5.66 Å². The normalized spacial score (nSPS) is 18.8. The number of rotatable bonds is 9. The number of terminal acetylenes is 1. The average molecular weight is 367 g/mol. The molecule has 2 aliphatic rings. The molecule has 1 aromatic carbocycles. The molecule has 5 nitrogen and oxygen atoms in total. The van der Waals surface area contributed by atoms with E-state index in [0.29, 0.717) is 25.8 Å². The molecule has 1 fully saturated rings. The lowest BCUT2D eigenvalue weighted by Gasteiger charge is -2.30. The van der Waals surface area contributed by atoms with Crippen LogP contribution in [0, 0.1) is 18.3 Å². The third-order valence-electron chi connectivity index (χ3n) is 5.57. The van der Waals surface area contributed by atoms with E-state index < -0.39 is 0 Å². The van der Waals surface area contributed by atoms with Gasteiger partial charge in [0.25, 0.3) is 0 Å². The van der Waals surface area contributed by atoms with Crippen LogP contribution in [0.1, 0.15) is 56.6 Å². The molecule has 5 heteroatoms. The Morgan fingerprint density at radius 2 is 2.04 bits per heavy atom. The highest BCUT2D eigenvalue weighted by atomic mass is 16.1. The summed E-state index contributed by atoms with van der Waals surface area (Å²) in [5.74, 6) is 3.51. The smallest absolute Gasteiger partial charge is 0.220 e. The first-order valence-corrected chi connectivity index (χ1v) is 10.0. The first-order chi connectivity index (χ1) is 13.1. The van der Waals surface area contributed by atoms with Gasteiger partial charge in [-0.3, -0.25) is 9.69 Å². The van der Waals surface area contributed by atoms with Crippen molar-refractivity contribution in [3.63, 3.8) is 0 Å². The second-order valence-electron chi connectivity index (χ2n) is 7.94. The zero-order valence-electron chi connectivity index (χ0n) is 16.3. The number of carbonyl (C=O) groups excluding carboxylic acids is 1. The molecule has 0 bridgehead atoms. The Labute approximate surface area is 162 Å². The molecule has 0 unspecified atom stereocenters. The molecule has 3 rings (SSSR count). The summed E-state index contributed by atoms with van der Waals surface area (Å²) < 4.78 is 0. The molecule has 144 valence electrons. The van der Waals surface area contributed by atoms with Crippen LogP contribution >= 0.6 is 0 Å². The molecular weight excluding hydrogens is 336 g/mol. The van der Waals surface area contributed by atoms with E-state index in [-0.39, 0.29) is 11.6 Å². The first kappa shape index (κ1) is 19.6. The number of hydrogen-bond donors (Lipinski definition) is 1. The fourth-order valence-electron chi connectivity index (χ4n) is 3.59. The standard InChI is InChI=1S/C22H30N4O/c1-3-4-11-22(24-25-22)12-8-21(27)23-16-19-6-5-7-20(15-19)17-26-13-9-18(2)10-14-26/h1,5-7,15,18H,4,8-14,16-17H2,2H3,(H,23,27). The highest BCUT2D eigenvalue weighted by molar-refractivity contribution is 5.76. The summed E-state index contributed by atoms with van der Waals surface area (Å²) in [6, 6.07) is 8.54. The van der Waals surface area contributed by atoms with Crippen molar-refractivity contribution in [2.24, 2.45) is 16.1 Å². The summed E-state index contributed by atoms with van der Waals surface area (Å²) in [4.78, 5) is 14.7. The Bertz CT molecular complexity index is 707. The summed E-state index contributed by atoms with van der Waals surface area (Å²) in [6.45, 7) is 6.26. The van der Waals surface area contributed by atoms with Crippen LogP contribution in [0.2, 0.25) is 0 Å². The molecule has 2 aliphatic heterocycles. The summed E-state index contributed by atoms with van der Waals surface area (Å²) in [6.07, 6.45) is 10.3. The summed E-state index contributed by atoms with van der Waals surface area (Å²) in [5, 5.41) is 11.2. The monoisotopic (exact) mass is 366 g/mol. The molecule has 0 aromatic heterocycles. The minimum absolute atomic E-state index is 0.0443. The third-order valence-corrected chi connectivity index (χ3v) is 5.57. The number of nitrogens with one attached hydrogen (secondary N) is 1. The van der Waals surface area contributed by atoms with Gasteiger partial charge < -0.3 is 5.32 Å². The maximum atomic E-state index is 12.2. The molecule has 0 spiro atoms. The number of benzene rings is 1. The Balaban J connectivity index is 1.40. The molecule has 1 amide bonds. The van der Waals surface area contributed by atoms with E-state index in [0.717, 1.165) is 24.4 Å². The van der Waals surface area contributed by atoms with Crippen molar-refractivity contribution in [1.29, 1.82) is 0 Å². The summed E-state index contributed by atoms with van der Waals surface area (Å²) >= 11 is 0. The van der Waals surface area contributed by atoms with Crippen LogP contribution in [0.4, 0.5) is 0 Å². The zero-order chi connectivity index (χ0) is 19.1. The molecule has 2 heterocycles. The number of likely N-dealkylation sites (tertiary alicyclic amines) is 1. The average Bonchev–Trinajstić information content (AvgIpc) is 3.46. The molecule has 1 saturated heterocycles. The highest BCUT2D eigenvalue weighted by Crippen LogP contribution is 2.37. The van der Waals surface area contributed by atoms with Gasteiger partial charge in [0, 0.05) is 38.8 Å². The lowest BCUT2D eigenvalue weighted by atomic mass is 9.98. The van der Waals surface area contributed by atoms with Crippen molar-refractivity contribution in [2.75, 3.05) is 13.1 Å². The largest absolute Gasteiger partial charge is 0.352 e. The SMILES string of the molecule is C#CCCC1(CCC(=O)NCc2cccc(CN3CCC(C)CC3)c2)N=N1. The van der Waals surface area contributed by atoms with Gasteiger partial charge >= 0.3 is 0 Å². The van der Waals surface area contributed by atoms with E-state index in [1.807, 2.05) is 0 Å². The lowest BCUT2D eigenvalue weighted by molar-refractivity contribution is -0.121. The van der Waals surface area contributed by atoms with Crippen LogP contribution in [-0.4, -0.2) is 29.6 Å². The zero-order valence-corrected chi connectivity index (χ0v) is 16.3. The van der Waals surface area contributed by atoms with Gasteiger partial charge in [-0.05, 0) is 43.0 Å². The molecule has 1 aromatic rings. The van der Waals surface area contributed by atoms with E-state index in [2.05, 4.69) is 57.6 Å². The van der Waals surface area contributed by atoms with Crippen molar-refractivity contribution < 1.29 is 4.79 Å². The number of piperidine rings is 1. The fraction of sp³-hybridized carbons (Fsp3) is 0.591. The van der Waals surface area contributed by atoms with E-state index in [4.69, 9.17) is 6.42 Å². The topological polar surface area (TPSA) is 57.1 Å². The van der Waals surface area contributed by atoms with Crippen LogP contribution in [0.25, 0.3) is 0 Å². The highest BCUT2D eigenvalue weighted by Gasteiger charge is 2.39. The molecule has 0 aliphatic carbocycles. The van der Waals surface area contributed by atoms with Gasteiger partial charge in [0.05, 0.1) is 0 Å². The maximum absolute atomic E-state index is 12.2. The Kier molecular flexibility index (Phi) is 6.63. The lowest BCUT2D eigenvalue weighted by Crippen LogP contribution is -2.32. The minimum Gasteiger partial charge on any atom is -0.352 e. The minimum atomic E-state index is -0.379. The van der Waals surface area contributed by atoms with E-state index >= 15 is 0 Å². The maximum Gasteiger partial charge on any atom is 0.220 e. The predicted octanol–water partition coefficient (Wildman–Crippen LogP) is 3.89. The van der Waals surface area contributed by atoms with Crippen LogP contribution in [-0.2, 0) is 17.9 Å². The van der Waals surface area contributed by atoms with Crippen molar-refractivity contribution in [3.8, 4) is 12.3 Å². The van der Waals surface area contributed by atoms with Crippen LogP contribution in [0.15, 0.2) is 34.5 Å². The van der Waals surface area contributed by atoms with Crippen molar-refractivity contribution >= 4 is 5.91 Å². The van der Waals surface area contributed by atoms with E-state index in [1.54, 1.807) is 0 Å². The molecule has 0 saturated carbocycles. The predicted molar refractivity (Wildman–Crippen MR) is 107 cm³/mol. The number of carbonyl (C=O) groups is 1. The van der Waals surface area contributed by atoms with E-state index in [1.165, 1.54) is 31.5 Å². The fourth-order valence-corrected chi connectivity index (χ4v) is 3.59. The quantitative estimate of drug-likeness (QED) is 0.674. The summed E-state index contributed by atoms with van der Waals surface area (Å²) in [7, 11) is 0. The van der Waals surface area contributed by atoms with Crippen molar-refractivity contribution in [2.45, 2.75) is 64.2 Å². The first-order valence-electron chi connectivity index (χ1n) is 10.0. The molecular formula is C22H30N4O. The number of amides is 1. The molecule has 0 atom stereocenters. The number of hydrogen-bond acceptors (Lipinski definition) is 4. The van der Waals surface area contributed by atoms with Gasteiger partial charge in [-0.1, -0.05) is 31.2 Å². The second kappa shape index (κ2) is 9.14. The van der Waals surface area contributed by atoms with Gasteiger partial charge in [-0.15, -0.1) is 12.3 Å². The van der Waals surface area contributed by atoms with Crippen LogP contribution in [0.3, 0.4) is 0 Å². The van der Waals surface area contributed by atoms with Crippen molar-refractivity contribution in [1.82, 2.24) is 10.2 Å². The summed E-state index contributed by atoms with van der Waals surface area (Å²) in [5.41, 5.74) is 2.09. The third kappa shape index (κ3) is 6.18. The Hall–Kier alpha value is -2.19. The number of nitrogens with zero attached hydrogens (tertiary/aromatic N) is 3. The van der Waals surface area contributed by atoms with Gasteiger partial charge in [0.1, 0.15) is 0 Å². The Morgan fingerprint density at radius 3 is 2.74 bits per heavy atom. The second-order valence-corrected chi connectivity index (χ2v) is 7.94. The molecule has 0 radical (unpaired) electrons.